The third-order valence-corrected chi connectivity index (χ3v) is 4.12. The van der Waals surface area contributed by atoms with Crippen molar-refractivity contribution in [2.24, 2.45) is 5.73 Å². The number of hydrogen-bond donors (Lipinski definition) is 2. The van der Waals surface area contributed by atoms with Crippen LogP contribution in [0.2, 0.25) is 0 Å². The van der Waals surface area contributed by atoms with Gasteiger partial charge in [0.15, 0.2) is 0 Å². The van der Waals surface area contributed by atoms with E-state index in [1.807, 2.05) is 0 Å². The molecule has 1 saturated carbocycles. The van der Waals surface area contributed by atoms with Gasteiger partial charge in [-0.25, -0.2) is 0 Å². The maximum absolute atomic E-state index is 13.1. The molecule has 0 spiro atoms. The summed E-state index contributed by atoms with van der Waals surface area (Å²) in [6.45, 7) is 0. The highest BCUT2D eigenvalue weighted by atomic mass is 19.4. The van der Waals surface area contributed by atoms with Crippen LogP contribution in [0.5, 0.6) is 0 Å². The van der Waals surface area contributed by atoms with Crippen molar-refractivity contribution < 1.29 is 13.2 Å². The van der Waals surface area contributed by atoms with Crippen LogP contribution in [0, 0.1) is 0 Å². The Hall–Kier alpha value is -1.82. The molecule has 1 heterocycles. The number of pyridine rings is 1. The Bertz CT molecular complexity index is 669. The molecule has 1 aliphatic rings. The summed E-state index contributed by atoms with van der Waals surface area (Å²) in [6.07, 6.45) is 0.786. The van der Waals surface area contributed by atoms with E-state index in [-0.39, 0.29) is 12.1 Å². The number of nitrogens with zero attached hydrogens (tertiary/aromatic N) is 1. The van der Waals surface area contributed by atoms with Crippen LogP contribution in [0.3, 0.4) is 0 Å². The SMILES string of the molecule is N[C@@H]1CCC[C@H](Nc2cc(C(F)(F)F)cc3ncccc23)C1. The zero-order valence-electron chi connectivity index (χ0n) is 12.0. The second kappa shape index (κ2) is 5.76. The zero-order chi connectivity index (χ0) is 15.7. The fourth-order valence-corrected chi connectivity index (χ4v) is 3.04. The highest BCUT2D eigenvalue weighted by Crippen LogP contribution is 2.35. The first kappa shape index (κ1) is 15.1. The van der Waals surface area contributed by atoms with Crippen molar-refractivity contribution in [3.05, 3.63) is 36.0 Å². The second-order valence-corrected chi connectivity index (χ2v) is 5.86. The van der Waals surface area contributed by atoms with E-state index in [0.717, 1.165) is 31.7 Å². The predicted octanol–water partition coefficient (Wildman–Crippen LogP) is 3.94. The number of nitrogens with two attached hydrogens (primary N) is 1. The van der Waals surface area contributed by atoms with Crippen LogP contribution >= 0.6 is 0 Å². The van der Waals surface area contributed by atoms with Gasteiger partial charge in [-0.1, -0.05) is 0 Å². The molecule has 0 radical (unpaired) electrons. The van der Waals surface area contributed by atoms with E-state index in [9.17, 15) is 13.2 Å². The van der Waals surface area contributed by atoms with E-state index in [1.165, 1.54) is 12.3 Å². The molecule has 0 amide bonds. The molecule has 2 atom stereocenters. The number of rotatable bonds is 2. The van der Waals surface area contributed by atoms with Crippen molar-refractivity contribution >= 4 is 16.6 Å². The topological polar surface area (TPSA) is 50.9 Å². The van der Waals surface area contributed by atoms with Gasteiger partial charge in [0.05, 0.1) is 11.1 Å². The van der Waals surface area contributed by atoms with Crippen LogP contribution in [0.25, 0.3) is 10.9 Å². The van der Waals surface area contributed by atoms with Gasteiger partial charge in [0.1, 0.15) is 0 Å². The number of alkyl halides is 3. The quantitative estimate of drug-likeness (QED) is 0.883. The van der Waals surface area contributed by atoms with Crippen molar-refractivity contribution in [1.29, 1.82) is 0 Å². The molecule has 0 saturated heterocycles. The summed E-state index contributed by atoms with van der Waals surface area (Å²) in [4.78, 5) is 4.06. The summed E-state index contributed by atoms with van der Waals surface area (Å²) in [5.74, 6) is 0. The largest absolute Gasteiger partial charge is 0.416 e. The minimum absolute atomic E-state index is 0.107. The lowest BCUT2D eigenvalue weighted by Gasteiger charge is -2.29. The van der Waals surface area contributed by atoms with E-state index >= 15 is 0 Å². The average molecular weight is 309 g/mol. The summed E-state index contributed by atoms with van der Waals surface area (Å²) < 4.78 is 39.2. The van der Waals surface area contributed by atoms with Gasteiger partial charge in [-0.15, -0.1) is 0 Å². The van der Waals surface area contributed by atoms with Gasteiger partial charge in [-0.05, 0) is 49.9 Å². The molecule has 0 bridgehead atoms. The molecule has 6 heteroatoms. The normalized spacial score (nSPS) is 22.7. The van der Waals surface area contributed by atoms with E-state index < -0.39 is 11.7 Å². The van der Waals surface area contributed by atoms with E-state index in [4.69, 9.17) is 5.73 Å². The molecular weight excluding hydrogens is 291 g/mol. The van der Waals surface area contributed by atoms with E-state index in [2.05, 4.69) is 10.3 Å². The first-order valence-electron chi connectivity index (χ1n) is 7.41. The standard InChI is InChI=1S/C16H18F3N3/c17-16(18,19)10-7-14-13(5-2-6-21-14)15(8-10)22-12-4-1-3-11(20)9-12/h2,5-8,11-12,22H,1,3-4,9,20H2/t11-,12+/m1/s1. The molecule has 1 aromatic heterocycles. The smallest absolute Gasteiger partial charge is 0.382 e. The van der Waals surface area contributed by atoms with Crippen molar-refractivity contribution in [2.45, 2.75) is 43.9 Å². The molecule has 3 nitrogen and oxygen atoms in total. The third-order valence-electron chi connectivity index (χ3n) is 4.12. The summed E-state index contributed by atoms with van der Waals surface area (Å²) in [6, 6.07) is 6.00. The van der Waals surface area contributed by atoms with E-state index in [1.54, 1.807) is 12.1 Å². The summed E-state index contributed by atoms with van der Waals surface area (Å²) in [5, 5.41) is 3.95. The van der Waals surface area contributed by atoms with Gasteiger partial charge in [0.2, 0.25) is 0 Å². The van der Waals surface area contributed by atoms with E-state index in [0.29, 0.717) is 16.6 Å². The number of aromatic nitrogens is 1. The second-order valence-electron chi connectivity index (χ2n) is 5.86. The number of anilines is 1. The van der Waals surface area contributed by atoms with Gasteiger partial charge in [-0.3, -0.25) is 4.98 Å². The van der Waals surface area contributed by atoms with Crippen molar-refractivity contribution in [3.63, 3.8) is 0 Å². The minimum Gasteiger partial charge on any atom is -0.382 e. The molecule has 3 rings (SSSR count). The van der Waals surface area contributed by atoms with Gasteiger partial charge < -0.3 is 11.1 Å². The Morgan fingerprint density at radius 2 is 2.05 bits per heavy atom. The third kappa shape index (κ3) is 3.16. The Morgan fingerprint density at radius 3 is 2.77 bits per heavy atom. The molecule has 3 N–H and O–H groups in total. The van der Waals surface area contributed by atoms with Gasteiger partial charge in [-0.2, -0.15) is 13.2 Å². The van der Waals surface area contributed by atoms with Gasteiger partial charge in [0.25, 0.3) is 0 Å². The van der Waals surface area contributed by atoms with Crippen LogP contribution in [0.15, 0.2) is 30.5 Å². The molecule has 2 aromatic rings. The lowest BCUT2D eigenvalue weighted by molar-refractivity contribution is -0.137. The zero-order valence-corrected chi connectivity index (χ0v) is 12.0. The number of hydrogen-bond acceptors (Lipinski definition) is 3. The molecule has 1 fully saturated rings. The number of halogens is 3. The molecule has 0 aliphatic heterocycles. The number of benzene rings is 1. The fourth-order valence-electron chi connectivity index (χ4n) is 3.04. The molecule has 118 valence electrons. The lowest BCUT2D eigenvalue weighted by Crippen LogP contribution is -2.35. The van der Waals surface area contributed by atoms with Crippen molar-refractivity contribution in [3.8, 4) is 0 Å². The molecule has 22 heavy (non-hydrogen) atoms. The van der Waals surface area contributed by atoms with Gasteiger partial charge >= 0.3 is 6.18 Å². The highest BCUT2D eigenvalue weighted by molar-refractivity contribution is 5.92. The number of fused-ring (bicyclic) bond motifs is 1. The van der Waals surface area contributed by atoms with Crippen LogP contribution in [0.4, 0.5) is 18.9 Å². The predicted molar refractivity (Wildman–Crippen MR) is 80.6 cm³/mol. The maximum Gasteiger partial charge on any atom is 0.416 e. The van der Waals surface area contributed by atoms with Crippen molar-refractivity contribution in [2.75, 3.05) is 5.32 Å². The van der Waals surface area contributed by atoms with Crippen molar-refractivity contribution in [1.82, 2.24) is 4.98 Å². The first-order valence-corrected chi connectivity index (χ1v) is 7.41. The summed E-state index contributed by atoms with van der Waals surface area (Å²) >= 11 is 0. The molecular formula is C16H18F3N3. The molecule has 0 unspecified atom stereocenters. The van der Waals surface area contributed by atoms with Gasteiger partial charge in [0, 0.05) is 29.4 Å². The Balaban J connectivity index is 1.99. The average Bonchev–Trinajstić information content (AvgIpc) is 2.46. The van der Waals surface area contributed by atoms with Crippen LogP contribution in [0.1, 0.15) is 31.2 Å². The minimum atomic E-state index is -4.38. The Labute approximate surface area is 126 Å². The highest BCUT2D eigenvalue weighted by Gasteiger charge is 2.32. The molecule has 1 aromatic carbocycles. The maximum atomic E-state index is 13.1. The Kier molecular flexibility index (Phi) is 3.95. The fraction of sp³-hybridized carbons (Fsp3) is 0.438. The van der Waals surface area contributed by atoms with Crippen LogP contribution in [-0.2, 0) is 6.18 Å². The summed E-state index contributed by atoms with van der Waals surface area (Å²) in [5.41, 5.74) is 6.11. The number of nitrogens with one attached hydrogen (secondary N) is 1. The van der Waals surface area contributed by atoms with Crippen LogP contribution < -0.4 is 11.1 Å². The van der Waals surface area contributed by atoms with Crippen LogP contribution in [-0.4, -0.2) is 17.1 Å². The lowest BCUT2D eigenvalue weighted by atomic mass is 9.91. The summed E-state index contributed by atoms with van der Waals surface area (Å²) in [7, 11) is 0. The molecule has 1 aliphatic carbocycles. The monoisotopic (exact) mass is 309 g/mol. The first-order chi connectivity index (χ1) is 10.4. The Morgan fingerprint density at radius 1 is 1.23 bits per heavy atom.